The Kier molecular flexibility index (Phi) is 5.42. The average molecular weight is 240 g/mol. The molecule has 0 fully saturated rings. The number of hydrogen-bond acceptors (Lipinski definition) is 3. The molecule has 0 spiro atoms. The van der Waals surface area contributed by atoms with Crippen molar-refractivity contribution in [2.75, 3.05) is 24.3 Å². The van der Waals surface area contributed by atoms with E-state index < -0.39 is 5.82 Å². The van der Waals surface area contributed by atoms with Crippen LogP contribution in [0.1, 0.15) is 19.8 Å². The monoisotopic (exact) mass is 240 g/mol. The largest absolute Gasteiger partial charge is 0.397 e. The topological polar surface area (TPSA) is 64.3 Å². The fourth-order valence-corrected chi connectivity index (χ4v) is 1.29. The van der Waals surface area contributed by atoms with Crippen LogP contribution in [0.4, 0.5) is 15.8 Å². The number of para-hydroxylation sites is 1. The van der Waals surface area contributed by atoms with Gasteiger partial charge in [0.25, 0.3) is 0 Å². The maximum absolute atomic E-state index is 13.3. The van der Waals surface area contributed by atoms with Crippen LogP contribution in [0.15, 0.2) is 18.2 Å². The summed E-state index contributed by atoms with van der Waals surface area (Å²) in [6.45, 7) is 2.93. The minimum absolute atomic E-state index is 0.0352. The number of benzene rings is 1. The van der Waals surface area contributed by atoms with Crippen molar-refractivity contribution in [1.29, 1.82) is 0 Å². The number of carbonyl (C=O) groups excluding carboxylic acids is 1. The van der Waals surface area contributed by atoms with Gasteiger partial charge in [-0.15, -0.1) is 0 Å². The quantitative estimate of drug-likeness (QED) is 0.591. The van der Waals surface area contributed by atoms with Crippen molar-refractivity contribution in [3.63, 3.8) is 0 Å². The lowest BCUT2D eigenvalue weighted by atomic mass is 10.2. The molecule has 0 heterocycles. The van der Waals surface area contributed by atoms with E-state index in [0.717, 1.165) is 6.42 Å². The highest BCUT2D eigenvalue weighted by molar-refractivity contribution is 5.93. The molecule has 94 valence electrons. The molecular formula is C12H17FN2O2. The third-order valence-corrected chi connectivity index (χ3v) is 2.13. The van der Waals surface area contributed by atoms with Gasteiger partial charge in [-0.2, -0.15) is 0 Å². The van der Waals surface area contributed by atoms with Gasteiger partial charge in [-0.05, 0) is 18.6 Å². The Balaban J connectivity index is 2.45. The van der Waals surface area contributed by atoms with Crippen LogP contribution in [-0.4, -0.2) is 19.1 Å². The Bertz CT molecular complexity index is 363. The molecule has 1 aromatic rings. The van der Waals surface area contributed by atoms with E-state index in [1.54, 1.807) is 0 Å². The van der Waals surface area contributed by atoms with Crippen LogP contribution in [0.2, 0.25) is 0 Å². The molecule has 0 saturated heterocycles. The van der Waals surface area contributed by atoms with Crippen LogP contribution in [0.5, 0.6) is 0 Å². The summed E-state index contributed by atoms with van der Waals surface area (Å²) in [6, 6.07) is 4.27. The SMILES string of the molecule is CCCOCCC(=O)Nc1c(N)cccc1F. The highest BCUT2D eigenvalue weighted by Crippen LogP contribution is 2.21. The summed E-state index contributed by atoms with van der Waals surface area (Å²) in [4.78, 5) is 11.5. The van der Waals surface area contributed by atoms with Crippen molar-refractivity contribution in [1.82, 2.24) is 0 Å². The molecule has 4 nitrogen and oxygen atoms in total. The normalized spacial score (nSPS) is 10.2. The number of ether oxygens (including phenoxy) is 1. The molecule has 0 aromatic heterocycles. The zero-order valence-electron chi connectivity index (χ0n) is 9.83. The Hall–Kier alpha value is -1.62. The first-order valence-electron chi connectivity index (χ1n) is 5.56. The second-order valence-corrected chi connectivity index (χ2v) is 3.61. The van der Waals surface area contributed by atoms with Gasteiger partial charge < -0.3 is 15.8 Å². The number of nitrogens with two attached hydrogens (primary N) is 1. The Morgan fingerprint density at radius 3 is 2.88 bits per heavy atom. The highest BCUT2D eigenvalue weighted by Gasteiger charge is 2.09. The Labute approximate surface area is 100.0 Å². The van der Waals surface area contributed by atoms with Crippen molar-refractivity contribution < 1.29 is 13.9 Å². The molecule has 1 rings (SSSR count). The Morgan fingerprint density at radius 2 is 2.24 bits per heavy atom. The van der Waals surface area contributed by atoms with Gasteiger partial charge in [0, 0.05) is 6.61 Å². The lowest BCUT2D eigenvalue weighted by Crippen LogP contribution is -2.16. The summed E-state index contributed by atoms with van der Waals surface area (Å²) in [5, 5.41) is 2.44. The molecule has 0 aliphatic heterocycles. The van der Waals surface area contributed by atoms with Crippen molar-refractivity contribution >= 4 is 17.3 Å². The number of anilines is 2. The van der Waals surface area contributed by atoms with Crippen LogP contribution in [0, 0.1) is 5.82 Å². The summed E-state index contributed by atoms with van der Waals surface area (Å²) < 4.78 is 18.5. The predicted octanol–water partition coefficient (Wildman–Crippen LogP) is 2.16. The third-order valence-electron chi connectivity index (χ3n) is 2.13. The van der Waals surface area contributed by atoms with E-state index in [1.165, 1.54) is 18.2 Å². The summed E-state index contributed by atoms with van der Waals surface area (Å²) in [5.74, 6) is -0.842. The number of nitrogens with one attached hydrogen (secondary N) is 1. The number of carbonyl (C=O) groups is 1. The summed E-state index contributed by atoms with van der Waals surface area (Å²) in [5.41, 5.74) is 5.81. The summed E-state index contributed by atoms with van der Waals surface area (Å²) in [7, 11) is 0. The van der Waals surface area contributed by atoms with Gasteiger partial charge in [-0.25, -0.2) is 4.39 Å². The van der Waals surface area contributed by atoms with E-state index in [2.05, 4.69) is 5.32 Å². The van der Waals surface area contributed by atoms with E-state index in [1.807, 2.05) is 6.92 Å². The van der Waals surface area contributed by atoms with Gasteiger partial charge in [0.05, 0.1) is 18.7 Å². The van der Waals surface area contributed by atoms with Crippen molar-refractivity contribution in [3.8, 4) is 0 Å². The number of halogens is 1. The zero-order chi connectivity index (χ0) is 12.7. The van der Waals surface area contributed by atoms with Crippen LogP contribution in [0.25, 0.3) is 0 Å². The number of nitrogen functional groups attached to an aromatic ring is 1. The molecule has 0 unspecified atom stereocenters. The Morgan fingerprint density at radius 1 is 1.47 bits per heavy atom. The maximum Gasteiger partial charge on any atom is 0.226 e. The van der Waals surface area contributed by atoms with Crippen LogP contribution in [0.3, 0.4) is 0 Å². The zero-order valence-corrected chi connectivity index (χ0v) is 9.83. The highest BCUT2D eigenvalue weighted by atomic mass is 19.1. The van der Waals surface area contributed by atoms with E-state index in [0.29, 0.717) is 13.2 Å². The molecule has 0 aliphatic rings. The van der Waals surface area contributed by atoms with Crippen molar-refractivity contribution in [2.45, 2.75) is 19.8 Å². The predicted molar refractivity (Wildman–Crippen MR) is 65.2 cm³/mol. The van der Waals surface area contributed by atoms with Gasteiger partial charge in [0.2, 0.25) is 5.91 Å². The van der Waals surface area contributed by atoms with Crippen molar-refractivity contribution in [3.05, 3.63) is 24.0 Å². The van der Waals surface area contributed by atoms with Crippen LogP contribution >= 0.6 is 0 Å². The van der Waals surface area contributed by atoms with Crippen LogP contribution in [-0.2, 0) is 9.53 Å². The van der Waals surface area contributed by atoms with Crippen molar-refractivity contribution in [2.24, 2.45) is 0 Å². The van der Waals surface area contributed by atoms with Gasteiger partial charge in [0.1, 0.15) is 11.5 Å². The third kappa shape index (κ3) is 4.40. The second-order valence-electron chi connectivity index (χ2n) is 3.61. The molecule has 3 N–H and O–H groups in total. The number of hydrogen-bond donors (Lipinski definition) is 2. The van der Waals surface area contributed by atoms with Gasteiger partial charge >= 0.3 is 0 Å². The van der Waals surface area contributed by atoms with E-state index in [4.69, 9.17) is 10.5 Å². The van der Waals surface area contributed by atoms with E-state index in [-0.39, 0.29) is 23.7 Å². The molecule has 5 heteroatoms. The molecule has 0 bridgehead atoms. The van der Waals surface area contributed by atoms with Gasteiger partial charge in [-0.3, -0.25) is 4.79 Å². The molecule has 1 aromatic carbocycles. The maximum atomic E-state index is 13.3. The minimum atomic E-state index is -0.534. The van der Waals surface area contributed by atoms with Gasteiger partial charge in [0.15, 0.2) is 0 Å². The first-order chi connectivity index (χ1) is 8.15. The summed E-state index contributed by atoms with van der Waals surface area (Å²) >= 11 is 0. The molecule has 1 amide bonds. The molecule has 0 saturated carbocycles. The van der Waals surface area contributed by atoms with E-state index in [9.17, 15) is 9.18 Å². The average Bonchev–Trinajstić information content (AvgIpc) is 2.30. The lowest BCUT2D eigenvalue weighted by Gasteiger charge is -2.09. The number of rotatable bonds is 6. The van der Waals surface area contributed by atoms with Gasteiger partial charge in [-0.1, -0.05) is 13.0 Å². The standard InChI is InChI=1S/C12H17FN2O2/c1-2-7-17-8-6-11(16)15-12-9(13)4-3-5-10(12)14/h3-5H,2,6-8,14H2,1H3,(H,15,16). The van der Waals surface area contributed by atoms with Crippen LogP contribution < -0.4 is 11.1 Å². The minimum Gasteiger partial charge on any atom is -0.397 e. The smallest absolute Gasteiger partial charge is 0.226 e. The molecule has 0 radical (unpaired) electrons. The lowest BCUT2D eigenvalue weighted by molar-refractivity contribution is -0.117. The number of amides is 1. The first kappa shape index (κ1) is 13.4. The van der Waals surface area contributed by atoms with E-state index >= 15 is 0 Å². The first-order valence-corrected chi connectivity index (χ1v) is 5.56. The fourth-order valence-electron chi connectivity index (χ4n) is 1.29. The fraction of sp³-hybridized carbons (Fsp3) is 0.417. The summed E-state index contributed by atoms with van der Waals surface area (Å²) in [6.07, 6.45) is 1.09. The second kappa shape index (κ2) is 6.85. The molecule has 0 aliphatic carbocycles. The molecule has 17 heavy (non-hydrogen) atoms. The molecular weight excluding hydrogens is 223 g/mol. The molecule has 0 atom stereocenters.